The minimum atomic E-state index is -3.11. The predicted molar refractivity (Wildman–Crippen MR) is 124 cm³/mol. The molecule has 3 amide bonds. The lowest BCUT2D eigenvalue weighted by Gasteiger charge is -2.33. The molecule has 0 saturated carbocycles. The van der Waals surface area contributed by atoms with Crippen molar-refractivity contribution >= 4 is 27.5 Å². The molecule has 0 aliphatic carbocycles. The molecule has 4 rings (SSSR count). The molecule has 0 atom stereocenters. The number of anilines is 1. The fourth-order valence-corrected chi connectivity index (χ4v) is 4.84. The summed E-state index contributed by atoms with van der Waals surface area (Å²) in [7, 11) is -3.11. The largest absolute Gasteiger partial charge is 0.472 e. The van der Waals surface area contributed by atoms with Crippen molar-refractivity contribution in [1.29, 1.82) is 0 Å². The van der Waals surface area contributed by atoms with Crippen molar-refractivity contribution in [2.75, 3.05) is 29.5 Å². The Kier molecular flexibility index (Phi) is 6.47. The Morgan fingerprint density at radius 2 is 1.64 bits per heavy atom. The van der Waals surface area contributed by atoms with Gasteiger partial charge in [-0.3, -0.25) is 15.1 Å². The Bertz CT molecular complexity index is 1210. The number of nitrogens with zero attached hydrogens (tertiary/aromatic N) is 2. The summed E-state index contributed by atoms with van der Waals surface area (Å²) in [5, 5.41) is 0. The van der Waals surface area contributed by atoms with E-state index in [4.69, 9.17) is 10.3 Å². The number of carbonyl (C=O) groups is 2. The first kappa shape index (κ1) is 22.6. The van der Waals surface area contributed by atoms with Crippen LogP contribution in [0.15, 0.2) is 71.5 Å². The summed E-state index contributed by atoms with van der Waals surface area (Å²) in [5.41, 5.74) is 5.84. The normalized spacial score (nSPS) is 15.1. The lowest BCUT2D eigenvalue weighted by atomic mass is 10.1. The molecule has 10 heteroatoms. The van der Waals surface area contributed by atoms with Gasteiger partial charge in [0.05, 0.1) is 30.6 Å². The number of hydrogen-bond acceptors (Lipinski definition) is 6. The van der Waals surface area contributed by atoms with Crippen LogP contribution in [0.2, 0.25) is 0 Å². The van der Waals surface area contributed by atoms with E-state index in [1.54, 1.807) is 46.6 Å². The monoisotopic (exact) mass is 468 g/mol. The van der Waals surface area contributed by atoms with E-state index in [0.29, 0.717) is 11.3 Å². The Balaban J connectivity index is 1.60. The van der Waals surface area contributed by atoms with Gasteiger partial charge in [0.25, 0.3) is 5.91 Å². The average molecular weight is 469 g/mol. The van der Waals surface area contributed by atoms with Crippen LogP contribution < -0.4 is 16.2 Å². The number of urea groups is 1. The van der Waals surface area contributed by atoms with Crippen LogP contribution in [0, 0.1) is 0 Å². The third-order valence-electron chi connectivity index (χ3n) is 5.57. The first-order chi connectivity index (χ1) is 15.9. The van der Waals surface area contributed by atoms with Gasteiger partial charge in [-0.15, -0.1) is 0 Å². The number of furan rings is 1. The van der Waals surface area contributed by atoms with E-state index in [1.807, 2.05) is 30.3 Å². The predicted octanol–water partition coefficient (Wildman–Crippen LogP) is 2.41. The van der Waals surface area contributed by atoms with Crippen molar-refractivity contribution < 1.29 is 22.4 Å². The Hall–Kier alpha value is -3.63. The van der Waals surface area contributed by atoms with Gasteiger partial charge in [0.1, 0.15) is 0 Å². The van der Waals surface area contributed by atoms with E-state index in [2.05, 4.69) is 5.43 Å². The fourth-order valence-electron chi connectivity index (χ4n) is 3.63. The summed E-state index contributed by atoms with van der Waals surface area (Å²) >= 11 is 0. The van der Waals surface area contributed by atoms with E-state index in [0.717, 1.165) is 16.7 Å². The highest BCUT2D eigenvalue weighted by Gasteiger charge is 2.29. The van der Waals surface area contributed by atoms with E-state index < -0.39 is 15.7 Å². The third kappa shape index (κ3) is 5.24. The van der Waals surface area contributed by atoms with Crippen molar-refractivity contribution in [2.24, 2.45) is 5.84 Å². The molecular weight excluding hydrogens is 444 g/mol. The first-order valence-electron chi connectivity index (χ1n) is 10.4. The van der Waals surface area contributed by atoms with Gasteiger partial charge in [0, 0.05) is 29.9 Å². The lowest BCUT2D eigenvalue weighted by molar-refractivity contribution is 0.0953. The standard InChI is InChI=1S/C23H24N4O5S/c24-25-22(28)19-3-1-17(2-4-19)15-27(23(29)26-10-13-33(30,31)14-11-26)21-7-5-18(6-8-21)20-9-12-32-16-20/h1-9,12,16H,10-11,13-15,24H2,(H,25,28). The third-order valence-corrected chi connectivity index (χ3v) is 7.18. The summed E-state index contributed by atoms with van der Waals surface area (Å²) in [4.78, 5) is 28.3. The van der Waals surface area contributed by atoms with E-state index in [-0.39, 0.29) is 37.2 Å². The molecule has 172 valence electrons. The van der Waals surface area contributed by atoms with Crippen LogP contribution in [0.3, 0.4) is 0 Å². The first-order valence-corrected chi connectivity index (χ1v) is 12.2. The molecule has 33 heavy (non-hydrogen) atoms. The van der Waals surface area contributed by atoms with Gasteiger partial charge in [0.2, 0.25) is 0 Å². The number of nitrogen functional groups attached to an aromatic ring is 1. The smallest absolute Gasteiger partial charge is 0.324 e. The summed E-state index contributed by atoms with van der Waals surface area (Å²) in [5.74, 6) is 4.68. The average Bonchev–Trinajstić information content (AvgIpc) is 3.37. The molecule has 2 aromatic carbocycles. The van der Waals surface area contributed by atoms with Crippen molar-refractivity contribution in [3.8, 4) is 11.1 Å². The lowest BCUT2D eigenvalue weighted by Crippen LogP contribution is -2.49. The molecule has 1 aromatic heterocycles. The number of carbonyl (C=O) groups excluding carboxylic acids is 2. The van der Waals surface area contributed by atoms with Gasteiger partial charge in [-0.1, -0.05) is 24.3 Å². The second-order valence-electron chi connectivity index (χ2n) is 7.74. The minimum absolute atomic E-state index is 0.0467. The number of sulfone groups is 1. The Labute approximate surface area is 191 Å². The summed E-state index contributed by atoms with van der Waals surface area (Å²) < 4.78 is 28.8. The maximum absolute atomic E-state index is 13.4. The highest BCUT2D eigenvalue weighted by Crippen LogP contribution is 2.26. The second kappa shape index (κ2) is 9.47. The highest BCUT2D eigenvalue weighted by molar-refractivity contribution is 7.91. The zero-order chi connectivity index (χ0) is 23.4. The quantitative estimate of drug-likeness (QED) is 0.336. The molecule has 0 unspecified atom stereocenters. The second-order valence-corrected chi connectivity index (χ2v) is 10.0. The summed E-state index contributed by atoms with van der Waals surface area (Å²) in [6.45, 7) is 0.554. The van der Waals surface area contributed by atoms with Crippen LogP contribution in [-0.4, -0.2) is 49.9 Å². The zero-order valence-corrected chi connectivity index (χ0v) is 18.6. The van der Waals surface area contributed by atoms with Crippen molar-refractivity contribution in [1.82, 2.24) is 10.3 Å². The Morgan fingerprint density at radius 1 is 0.970 bits per heavy atom. The molecule has 0 spiro atoms. The molecule has 1 aliphatic heterocycles. The van der Waals surface area contributed by atoms with Crippen LogP contribution >= 0.6 is 0 Å². The van der Waals surface area contributed by atoms with Gasteiger partial charge in [-0.2, -0.15) is 0 Å². The van der Waals surface area contributed by atoms with Gasteiger partial charge >= 0.3 is 6.03 Å². The highest BCUT2D eigenvalue weighted by atomic mass is 32.2. The number of hydrogen-bond donors (Lipinski definition) is 2. The molecule has 1 aliphatic rings. The molecule has 1 fully saturated rings. The number of rotatable bonds is 5. The maximum atomic E-state index is 13.4. The Morgan fingerprint density at radius 3 is 2.21 bits per heavy atom. The topological polar surface area (TPSA) is 126 Å². The van der Waals surface area contributed by atoms with Crippen molar-refractivity contribution in [3.05, 3.63) is 78.3 Å². The molecule has 0 radical (unpaired) electrons. The molecular formula is C23H24N4O5S. The molecule has 1 saturated heterocycles. The maximum Gasteiger partial charge on any atom is 0.324 e. The molecule has 3 aromatic rings. The van der Waals surface area contributed by atoms with E-state index >= 15 is 0 Å². The molecule has 2 heterocycles. The number of benzene rings is 2. The number of hydrazine groups is 1. The van der Waals surface area contributed by atoms with Gasteiger partial charge in [-0.05, 0) is 41.5 Å². The SMILES string of the molecule is NNC(=O)c1ccc(CN(C(=O)N2CCS(=O)(=O)CC2)c2ccc(-c3ccoc3)cc2)cc1. The number of nitrogens with two attached hydrogens (primary N) is 1. The molecule has 3 N–H and O–H groups in total. The van der Waals surface area contributed by atoms with Gasteiger partial charge in [0.15, 0.2) is 9.84 Å². The van der Waals surface area contributed by atoms with Crippen molar-refractivity contribution in [2.45, 2.75) is 6.54 Å². The minimum Gasteiger partial charge on any atom is -0.472 e. The fraction of sp³-hybridized carbons (Fsp3) is 0.217. The van der Waals surface area contributed by atoms with Gasteiger partial charge in [-0.25, -0.2) is 19.1 Å². The van der Waals surface area contributed by atoms with Crippen LogP contribution in [0.5, 0.6) is 0 Å². The number of nitrogens with one attached hydrogen (secondary N) is 1. The zero-order valence-electron chi connectivity index (χ0n) is 17.8. The number of amides is 3. The van der Waals surface area contributed by atoms with E-state index in [9.17, 15) is 18.0 Å². The van der Waals surface area contributed by atoms with Crippen LogP contribution in [0.25, 0.3) is 11.1 Å². The van der Waals surface area contributed by atoms with Crippen LogP contribution in [0.1, 0.15) is 15.9 Å². The van der Waals surface area contributed by atoms with Crippen LogP contribution in [-0.2, 0) is 16.4 Å². The van der Waals surface area contributed by atoms with Crippen molar-refractivity contribution in [3.63, 3.8) is 0 Å². The van der Waals surface area contributed by atoms with Crippen LogP contribution in [0.4, 0.5) is 10.5 Å². The van der Waals surface area contributed by atoms with E-state index in [1.165, 1.54) is 0 Å². The summed E-state index contributed by atoms with van der Waals surface area (Å²) in [6.07, 6.45) is 3.24. The molecule has 0 bridgehead atoms. The summed E-state index contributed by atoms with van der Waals surface area (Å²) in [6, 6.07) is 15.8. The molecule has 9 nitrogen and oxygen atoms in total. The van der Waals surface area contributed by atoms with Gasteiger partial charge < -0.3 is 9.32 Å².